The summed E-state index contributed by atoms with van der Waals surface area (Å²) >= 11 is 0. The molecule has 0 saturated heterocycles. The molecule has 1 aromatic heterocycles. The first-order valence-electron chi connectivity index (χ1n) is 4.94. The number of rotatable bonds is 2. The molecule has 1 heterocycles. The molecule has 0 aliphatic carbocycles. The number of nitrogens with two attached hydrogens (primary N) is 1. The highest BCUT2D eigenvalue weighted by atomic mass is 15.3. The van der Waals surface area contributed by atoms with E-state index in [4.69, 9.17) is 5.73 Å². The summed E-state index contributed by atoms with van der Waals surface area (Å²) in [6.07, 6.45) is 1.75. The van der Waals surface area contributed by atoms with Crippen LogP contribution in [-0.2, 0) is 0 Å². The van der Waals surface area contributed by atoms with Gasteiger partial charge in [0.25, 0.3) is 0 Å². The highest BCUT2D eigenvalue weighted by Gasteiger charge is 2.08. The number of anilines is 1. The first kappa shape index (κ1) is 9.71. The van der Waals surface area contributed by atoms with Gasteiger partial charge in [-0.1, -0.05) is 0 Å². The molecule has 0 saturated carbocycles. The van der Waals surface area contributed by atoms with Crippen LogP contribution in [0.5, 0.6) is 0 Å². The Kier molecular flexibility index (Phi) is 2.41. The zero-order chi connectivity index (χ0) is 10.8. The second-order valence-corrected chi connectivity index (χ2v) is 3.78. The van der Waals surface area contributed by atoms with Crippen LogP contribution in [0.15, 0.2) is 30.6 Å². The van der Waals surface area contributed by atoms with Crippen LogP contribution in [0.3, 0.4) is 0 Å². The number of aromatic nitrogens is 3. The molecule has 0 amide bonds. The number of benzene rings is 1. The van der Waals surface area contributed by atoms with E-state index in [1.165, 1.54) is 0 Å². The summed E-state index contributed by atoms with van der Waals surface area (Å²) in [5.41, 5.74) is 7.43. The van der Waals surface area contributed by atoms with Crippen LogP contribution in [0, 0.1) is 0 Å². The number of hydrogen-bond donors (Lipinski definition) is 1. The van der Waals surface area contributed by atoms with Crippen molar-refractivity contribution < 1.29 is 0 Å². The normalized spacial score (nSPS) is 10.9. The van der Waals surface area contributed by atoms with Crippen molar-refractivity contribution in [1.82, 2.24) is 14.8 Å². The minimum Gasteiger partial charge on any atom is -0.399 e. The van der Waals surface area contributed by atoms with Gasteiger partial charge in [0.1, 0.15) is 6.33 Å². The Hall–Kier alpha value is -1.84. The highest BCUT2D eigenvalue weighted by molar-refractivity contribution is 5.58. The van der Waals surface area contributed by atoms with Crippen LogP contribution < -0.4 is 5.73 Å². The molecular formula is C11H14N4. The predicted octanol–water partition coefficient (Wildman–Crippen LogP) is 2.11. The summed E-state index contributed by atoms with van der Waals surface area (Å²) in [7, 11) is 0. The van der Waals surface area contributed by atoms with Gasteiger partial charge in [0.05, 0.1) is 0 Å². The zero-order valence-corrected chi connectivity index (χ0v) is 8.88. The third kappa shape index (κ3) is 1.83. The van der Waals surface area contributed by atoms with Crippen molar-refractivity contribution in [2.75, 3.05) is 5.73 Å². The topological polar surface area (TPSA) is 56.7 Å². The Morgan fingerprint density at radius 2 is 1.87 bits per heavy atom. The van der Waals surface area contributed by atoms with Gasteiger partial charge in [0, 0.05) is 17.3 Å². The van der Waals surface area contributed by atoms with Crippen LogP contribution in [0.4, 0.5) is 5.69 Å². The summed E-state index contributed by atoms with van der Waals surface area (Å²) in [5, 5.41) is 8.03. The van der Waals surface area contributed by atoms with Gasteiger partial charge in [-0.2, -0.15) is 0 Å². The molecule has 0 radical (unpaired) electrons. The first-order valence-corrected chi connectivity index (χ1v) is 4.94. The maximum atomic E-state index is 5.64. The summed E-state index contributed by atoms with van der Waals surface area (Å²) in [4.78, 5) is 0. The van der Waals surface area contributed by atoms with Gasteiger partial charge in [0.15, 0.2) is 5.82 Å². The molecule has 0 bridgehead atoms. The van der Waals surface area contributed by atoms with Gasteiger partial charge in [-0.05, 0) is 38.1 Å². The molecule has 4 heteroatoms. The van der Waals surface area contributed by atoms with E-state index >= 15 is 0 Å². The van der Waals surface area contributed by atoms with Crippen LogP contribution in [-0.4, -0.2) is 14.8 Å². The van der Waals surface area contributed by atoms with Crippen LogP contribution in [0.25, 0.3) is 11.4 Å². The van der Waals surface area contributed by atoms with Crippen LogP contribution in [0.2, 0.25) is 0 Å². The molecule has 2 rings (SSSR count). The third-order valence-electron chi connectivity index (χ3n) is 2.30. The SMILES string of the molecule is CC(C)n1cnnc1-c1ccc(N)cc1. The summed E-state index contributed by atoms with van der Waals surface area (Å²) in [6.45, 7) is 4.20. The Morgan fingerprint density at radius 3 is 2.47 bits per heavy atom. The predicted molar refractivity (Wildman–Crippen MR) is 60.3 cm³/mol. The van der Waals surface area contributed by atoms with Gasteiger partial charge in [-0.25, -0.2) is 0 Å². The molecule has 0 aliphatic rings. The van der Waals surface area contributed by atoms with E-state index in [1.807, 2.05) is 28.8 Å². The zero-order valence-electron chi connectivity index (χ0n) is 8.88. The van der Waals surface area contributed by atoms with Crippen LogP contribution >= 0.6 is 0 Å². The lowest BCUT2D eigenvalue weighted by molar-refractivity contribution is 0.604. The van der Waals surface area contributed by atoms with Crippen molar-refractivity contribution in [2.24, 2.45) is 0 Å². The summed E-state index contributed by atoms with van der Waals surface area (Å²) in [6, 6.07) is 8.01. The van der Waals surface area contributed by atoms with E-state index < -0.39 is 0 Å². The molecule has 0 fully saturated rings. The molecule has 78 valence electrons. The minimum absolute atomic E-state index is 0.354. The van der Waals surface area contributed by atoms with Gasteiger partial charge >= 0.3 is 0 Å². The third-order valence-corrected chi connectivity index (χ3v) is 2.30. The molecule has 2 N–H and O–H groups in total. The van der Waals surface area contributed by atoms with Gasteiger partial charge in [0.2, 0.25) is 0 Å². The largest absolute Gasteiger partial charge is 0.399 e. The first-order chi connectivity index (χ1) is 7.18. The molecule has 1 aromatic carbocycles. The molecule has 0 spiro atoms. The molecule has 4 nitrogen and oxygen atoms in total. The van der Waals surface area contributed by atoms with Crippen molar-refractivity contribution in [3.8, 4) is 11.4 Å². The lowest BCUT2D eigenvalue weighted by atomic mass is 10.2. The van der Waals surface area contributed by atoms with Crippen molar-refractivity contribution in [1.29, 1.82) is 0 Å². The van der Waals surface area contributed by atoms with Crippen LogP contribution in [0.1, 0.15) is 19.9 Å². The van der Waals surface area contributed by atoms with Gasteiger partial charge in [-0.3, -0.25) is 0 Å². The Balaban J connectivity index is 2.45. The second-order valence-electron chi connectivity index (χ2n) is 3.78. The van der Waals surface area contributed by atoms with E-state index in [0.717, 1.165) is 17.1 Å². The smallest absolute Gasteiger partial charge is 0.163 e. The number of nitrogens with zero attached hydrogens (tertiary/aromatic N) is 3. The fraction of sp³-hybridized carbons (Fsp3) is 0.273. The Labute approximate surface area is 88.8 Å². The monoisotopic (exact) mass is 202 g/mol. The maximum absolute atomic E-state index is 5.64. The fourth-order valence-electron chi connectivity index (χ4n) is 1.46. The van der Waals surface area contributed by atoms with Crippen molar-refractivity contribution in [3.63, 3.8) is 0 Å². The quantitative estimate of drug-likeness (QED) is 0.759. The van der Waals surface area contributed by atoms with E-state index in [9.17, 15) is 0 Å². The lowest BCUT2D eigenvalue weighted by Gasteiger charge is -2.09. The molecule has 0 unspecified atom stereocenters. The van der Waals surface area contributed by atoms with E-state index in [-0.39, 0.29) is 0 Å². The molecule has 15 heavy (non-hydrogen) atoms. The van der Waals surface area contributed by atoms with Gasteiger partial charge in [-0.15, -0.1) is 10.2 Å². The number of hydrogen-bond acceptors (Lipinski definition) is 3. The summed E-state index contributed by atoms with van der Waals surface area (Å²) < 4.78 is 2.03. The Morgan fingerprint density at radius 1 is 1.20 bits per heavy atom. The highest BCUT2D eigenvalue weighted by Crippen LogP contribution is 2.20. The standard InChI is InChI=1S/C11H14N4/c1-8(2)15-7-13-14-11(15)9-3-5-10(12)6-4-9/h3-8H,12H2,1-2H3. The molecule has 0 atom stereocenters. The summed E-state index contributed by atoms with van der Waals surface area (Å²) in [5.74, 6) is 0.880. The minimum atomic E-state index is 0.354. The van der Waals surface area contributed by atoms with Crippen molar-refractivity contribution in [2.45, 2.75) is 19.9 Å². The van der Waals surface area contributed by atoms with Gasteiger partial charge < -0.3 is 10.3 Å². The van der Waals surface area contributed by atoms with E-state index in [2.05, 4.69) is 24.0 Å². The molecule has 2 aromatic rings. The maximum Gasteiger partial charge on any atom is 0.163 e. The van der Waals surface area contributed by atoms with E-state index in [1.54, 1.807) is 6.33 Å². The van der Waals surface area contributed by atoms with Crippen molar-refractivity contribution in [3.05, 3.63) is 30.6 Å². The Bertz CT molecular complexity index is 442. The van der Waals surface area contributed by atoms with E-state index in [0.29, 0.717) is 6.04 Å². The lowest BCUT2D eigenvalue weighted by Crippen LogP contribution is -2.01. The second kappa shape index (κ2) is 3.73. The number of nitrogen functional groups attached to an aromatic ring is 1. The molecular weight excluding hydrogens is 188 g/mol. The molecule has 0 aliphatic heterocycles. The van der Waals surface area contributed by atoms with Crippen molar-refractivity contribution >= 4 is 5.69 Å². The average molecular weight is 202 g/mol. The average Bonchev–Trinajstić information content (AvgIpc) is 2.67. The fourth-order valence-corrected chi connectivity index (χ4v) is 1.46.